The van der Waals surface area contributed by atoms with Crippen LogP contribution >= 0.6 is 22.6 Å². The molecule has 21 heavy (non-hydrogen) atoms. The Morgan fingerprint density at radius 1 is 1.43 bits per heavy atom. The number of fused-ring (bicyclic) bond motifs is 1. The Morgan fingerprint density at radius 3 is 2.71 bits per heavy atom. The van der Waals surface area contributed by atoms with E-state index in [1.807, 2.05) is 0 Å². The highest BCUT2D eigenvalue weighted by molar-refractivity contribution is 14.1. The highest BCUT2D eigenvalue weighted by atomic mass is 127. The van der Waals surface area contributed by atoms with Crippen molar-refractivity contribution < 1.29 is 4.74 Å². The Balaban J connectivity index is 1.53. The van der Waals surface area contributed by atoms with Crippen molar-refractivity contribution in [1.29, 1.82) is 0 Å². The minimum absolute atomic E-state index is 0.432. The monoisotopic (exact) mass is 398 g/mol. The van der Waals surface area contributed by atoms with Crippen LogP contribution in [-0.2, 0) is 4.74 Å². The lowest BCUT2D eigenvalue weighted by Crippen LogP contribution is -2.45. The predicted molar refractivity (Wildman–Crippen MR) is 95.5 cm³/mol. The van der Waals surface area contributed by atoms with Crippen molar-refractivity contribution >= 4 is 22.6 Å². The van der Waals surface area contributed by atoms with Gasteiger partial charge in [0.1, 0.15) is 0 Å². The minimum Gasteiger partial charge on any atom is -0.373 e. The van der Waals surface area contributed by atoms with Crippen molar-refractivity contribution in [1.82, 2.24) is 0 Å². The molecule has 0 bridgehead atoms. The summed E-state index contributed by atoms with van der Waals surface area (Å²) >= 11 is 2.58. The molecule has 0 aromatic carbocycles. The predicted octanol–water partition coefficient (Wildman–Crippen LogP) is 5.01. The molecule has 3 aliphatic carbocycles. The van der Waals surface area contributed by atoms with Crippen LogP contribution in [0.25, 0.3) is 0 Å². The number of allylic oxidation sites excluding steroid dienone is 1. The number of rotatable bonds is 5. The summed E-state index contributed by atoms with van der Waals surface area (Å²) in [4.78, 5) is 0. The molecule has 0 N–H and O–H groups in total. The zero-order chi connectivity index (χ0) is 15.0. The van der Waals surface area contributed by atoms with Crippen LogP contribution in [-0.4, -0.2) is 16.6 Å². The zero-order valence-corrected chi connectivity index (χ0v) is 15.6. The molecular weight excluding hydrogens is 371 g/mol. The molecule has 3 saturated carbocycles. The molecule has 0 radical (unpaired) electrons. The number of hydrogen-bond acceptors (Lipinski definition) is 1. The topological polar surface area (TPSA) is 9.23 Å². The van der Waals surface area contributed by atoms with Gasteiger partial charge in [0, 0.05) is 15.8 Å². The van der Waals surface area contributed by atoms with Crippen LogP contribution < -0.4 is 0 Å². The van der Waals surface area contributed by atoms with E-state index in [-0.39, 0.29) is 0 Å². The Morgan fingerprint density at radius 2 is 2.14 bits per heavy atom. The van der Waals surface area contributed by atoms with Gasteiger partial charge in [0.05, 0.1) is 12.2 Å². The molecular formula is C19H27IO. The molecule has 1 spiro atoms. The van der Waals surface area contributed by atoms with Gasteiger partial charge in [-0.2, -0.15) is 0 Å². The lowest BCUT2D eigenvalue weighted by atomic mass is 9.73. The van der Waals surface area contributed by atoms with Crippen LogP contribution in [0.5, 0.6) is 0 Å². The number of hydrogen-bond donors (Lipinski definition) is 0. The Labute approximate surface area is 142 Å². The third-order valence-corrected chi connectivity index (χ3v) is 8.05. The first-order valence-corrected chi connectivity index (χ1v) is 10.0. The maximum atomic E-state index is 6.68. The molecule has 0 aromatic heterocycles. The fourth-order valence-electron chi connectivity index (χ4n) is 6.07. The lowest BCUT2D eigenvalue weighted by Gasteiger charge is -2.44. The molecule has 7 unspecified atom stereocenters. The molecule has 0 aromatic rings. The molecule has 1 nitrogen and oxygen atoms in total. The van der Waals surface area contributed by atoms with Crippen LogP contribution in [0.3, 0.4) is 0 Å². The number of halogens is 1. The van der Waals surface area contributed by atoms with Gasteiger partial charge in [-0.25, -0.2) is 0 Å². The van der Waals surface area contributed by atoms with Crippen molar-refractivity contribution in [2.75, 3.05) is 4.43 Å². The van der Waals surface area contributed by atoms with Crippen LogP contribution in [0.4, 0.5) is 0 Å². The second-order valence-electron chi connectivity index (χ2n) is 8.06. The van der Waals surface area contributed by atoms with Gasteiger partial charge in [-0.05, 0) is 56.3 Å². The fourth-order valence-corrected chi connectivity index (χ4v) is 7.37. The van der Waals surface area contributed by atoms with Gasteiger partial charge in [-0.15, -0.1) is 0 Å². The van der Waals surface area contributed by atoms with Gasteiger partial charge in [0.2, 0.25) is 0 Å². The van der Waals surface area contributed by atoms with E-state index in [9.17, 15) is 0 Å². The van der Waals surface area contributed by atoms with Gasteiger partial charge in [-0.3, -0.25) is 0 Å². The van der Waals surface area contributed by atoms with Crippen LogP contribution in [0.15, 0.2) is 24.3 Å². The SMILES string of the molecule is C=C(C)C1C(C)CC(C/C=C/C)O[C@@H]1C12CC13C(CI)C32. The van der Waals surface area contributed by atoms with Gasteiger partial charge in [0.15, 0.2) is 0 Å². The van der Waals surface area contributed by atoms with E-state index < -0.39 is 0 Å². The molecule has 0 amide bonds. The maximum Gasteiger partial charge on any atom is 0.0711 e. The van der Waals surface area contributed by atoms with E-state index in [0.717, 1.165) is 29.6 Å². The number of alkyl halides is 1. The standard InChI is InChI=1S/C19H27IO/c1-5-6-7-13-8-12(4)15(11(2)3)17(21-13)19-10-18(19)14(9-20)16(18)19/h5-6,12-17H,2,7-10H2,1,3-4H3/b6-5+/t12?,13?,14?,15?,16?,17-,18?,19?/m0/s1. The summed E-state index contributed by atoms with van der Waals surface area (Å²) in [5, 5.41) is 0. The van der Waals surface area contributed by atoms with Crippen molar-refractivity contribution in [3.63, 3.8) is 0 Å². The average molecular weight is 398 g/mol. The third kappa shape index (κ3) is 1.67. The second-order valence-corrected chi connectivity index (χ2v) is 8.95. The average Bonchev–Trinajstić information content (AvgIpc) is 3.33. The molecule has 1 saturated heterocycles. The summed E-state index contributed by atoms with van der Waals surface area (Å²) in [7, 11) is 0. The molecule has 1 heterocycles. The van der Waals surface area contributed by atoms with Crippen molar-refractivity contribution in [3.8, 4) is 0 Å². The van der Waals surface area contributed by atoms with E-state index in [1.54, 1.807) is 0 Å². The summed E-state index contributed by atoms with van der Waals surface area (Å²) < 4.78 is 8.03. The van der Waals surface area contributed by atoms with E-state index in [1.165, 1.54) is 22.8 Å². The highest BCUT2D eigenvalue weighted by Crippen LogP contribution is 3.10. The van der Waals surface area contributed by atoms with Gasteiger partial charge >= 0.3 is 0 Å². The first-order chi connectivity index (χ1) is 10.0. The van der Waals surface area contributed by atoms with Crippen LogP contribution in [0.1, 0.15) is 40.0 Å². The third-order valence-electron chi connectivity index (χ3n) is 7.10. The molecule has 2 heteroatoms. The zero-order valence-electron chi connectivity index (χ0n) is 13.4. The molecule has 1 aliphatic heterocycles. The van der Waals surface area contributed by atoms with Gasteiger partial charge in [0.25, 0.3) is 0 Å². The molecule has 4 rings (SSSR count). The fraction of sp³-hybridized carbons (Fsp3) is 0.789. The first-order valence-electron chi connectivity index (χ1n) is 8.52. The summed E-state index contributed by atoms with van der Waals surface area (Å²) in [6.07, 6.45) is 9.07. The summed E-state index contributed by atoms with van der Waals surface area (Å²) in [6, 6.07) is 0. The molecule has 4 aliphatic rings. The second kappa shape index (κ2) is 4.59. The highest BCUT2D eigenvalue weighted by Gasteiger charge is 3.08. The molecule has 116 valence electrons. The lowest BCUT2D eigenvalue weighted by molar-refractivity contribution is -0.123. The van der Waals surface area contributed by atoms with E-state index in [2.05, 4.69) is 62.1 Å². The quantitative estimate of drug-likeness (QED) is 0.359. The molecule has 4 fully saturated rings. The van der Waals surface area contributed by atoms with E-state index in [4.69, 9.17) is 4.74 Å². The van der Waals surface area contributed by atoms with Crippen molar-refractivity contribution in [2.24, 2.45) is 34.5 Å². The smallest absolute Gasteiger partial charge is 0.0711 e. The number of ether oxygens (including phenoxy) is 1. The van der Waals surface area contributed by atoms with E-state index >= 15 is 0 Å². The van der Waals surface area contributed by atoms with E-state index in [0.29, 0.717) is 23.5 Å². The Bertz CT molecular complexity index is 512. The van der Waals surface area contributed by atoms with Crippen molar-refractivity contribution in [3.05, 3.63) is 24.3 Å². The minimum atomic E-state index is 0.432. The van der Waals surface area contributed by atoms with Gasteiger partial charge in [-0.1, -0.05) is 53.8 Å². The van der Waals surface area contributed by atoms with Crippen LogP contribution in [0.2, 0.25) is 0 Å². The maximum absolute atomic E-state index is 6.68. The summed E-state index contributed by atoms with van der Waals surface area (Å²) in [6.45, 7) is 11.1. The summed E-state index contributed by atoms with van der Waals surface area (Å²) in [5.41, 5.74) is 2.69. The first kappa shape index (κ1) is 14.7. The normalized spacial score (nSPS) is 56.8. The molecule has 8 atom stereocenters. The Kier molecular flexibility index (Phi) is 3.22. The summed E-state index contributed by atoms with van der Waals surface area (Å²) in [5.74, 6) is 3.36. The largest absolute Gasteiger partial charge is 0.373 e. The van der Waals surface area contributed by atoms with Gasteiger partial charge < -0.3 is 4.74 Å². The Hall–Kier alpha value is 0.170. The van der Waals surface area contributed by atoms with Crippen LogP contribution in [0, 0.1) is 34.5 Å². The van der Waals surface area contributed by atoms with Crippen molar-refractivity contribution in [2.45, 2.75) is 52.2 Å².